The maximum absolute atomic E-state index is 12.8. The van der Waals surface area contributed by atoms with Crippen molar-refractivity contribution >= 4 is 32.7 Å². The number of benzene rings is 1. The van der Waals surface area contributed by atoms with Gasteiger partial charge in [0, 0.05) is 21.2 Å². The summed E-state index contributed by atoms with van der Waals surface area (Å²) < 4.78 is 64.9. The second-order valence-corrected chi connectivity index (χ2v) is 9.40. The largest absolute Gasteiger partial charge is 0.416 e. The molecule has 0 saturated carbocycles. The molecule has 0 radical (unpaired) electrons. The molecule has 1 atom stereocenters. The number of sulfonamides is 1. The predicted molar refractivity (Wildman–Crippen MR) is 99.2 cm³/mol. The average Bonchev–Trinajstić information content (AvgIpc) is 3.30. The van der Waals surface area contributed by atoms with E-state index in [2.05, 4.69) is 4.72 Å². The third kappa shape index (κ3) is 4.77. The lowest BCUT2D eigenvalue weighted by Gasteiger charge is -2.12. The summed E-state index contributed by atoms with van der Waals surface area (Å²) >= 11 is 2.87. The van der Waals surface area contributed by atoms with E-state index >= 15 is 0 Å². The second-order valence-electron chi connectivity index (χ2n) is 5.57. The highest BCUT2D eigenvalue weighted by Crippen LogP contribution is 2.34. The fourth-order valence-electron chi connectivity index (χ4n) is 2.30. The molecule has 0 aliphatic heterocycles. The minimum absolute atomic E-state index is 0.344. The zero-order chi connectivity index (χ0) is 19.7. The number of hydrogen-bond acceptors (Lipinski definition) is 5. The van der Waals surface area contributed by atoms with Crippen LogP contribution in [-0.2, 0) is 16.2 Å². The smallest absolute Gasteiger partial charge is 0.386 e. The first-order valence-electron chi connectivity index (χ1n) is 7.65. The van der Waals surface area contributed by atoms with Crippen LogP contribution in [0.25, 0.3) is 9.75 Å². The van der Waals surface area contributed by atoms with Crippen LogP contribution in [0.5, 0.6) is 0 Å². The van der Waals surface area contributed by atoms with Crippen molar-refractivity contribution in [1.82, 2.24) is 4.72 Å². The fraction of sp³-hybridized carbons (Fsp3) is 0.176. The molecule has 3 rings (SSSR count). The number of nitrogens with one attached hydrogen (secondary N) is 1. The highest BCUT2D eigenvalue weighted by atomic mass is 32.2. The highest BCUT2D eigenvalue weighted by Gasteiger charge is 2.31. The van der Waals surface area contributed by atoms with Crippen molar-refractivity contribution < 1.29 is 26.7 Å². The van der Waals surface area contributed by atoms with Gasteiger partial charge in [-0.05, 0) is 41.8 Å². The topological polar surface area (TPSA) is 66.4 Å². The van der Waals surface area contributed by atoms with Crippen LogP contribution in [0, 0.1) is 0 Å². The lowest BCUT2D eigenvalue weighted by atomic mass is 10.2. The molecule has 0 saturated heterocycles. The minimum atomic E-state index is -4.64. The Kier molecular flexibility index (Phi) is 5.73. The molecular formula is C17H14F3NO3S3. The number of aliphatic hydroxyl groups is 1. The number of alkyl halides is 3. The van der Waals surface area contributed by atoms with Crippen molar-refractivity contribution in [3.05, 3.63) is 64.4 Å². The van der Waals surface area contributed by atoms with E-state index in [9.17, 15) is 26.7 Å². The first-order chi connectivity index (χ1) is 12.7. The summed E-state index contributed by atoms with van der Waals surface area (Å²) in [5.41, 5.74) is -1.05. The molecule has 2 aromatic heterocycles. The molecule has 1 aromatic carbocycles. The van der Waals surface area contributed by atoms with Gasteiger partial charge in [0.15, 0.2) is 0 Å². The molecule has 0 unspecified atom stereocenters. The number of hydrogen-bond donors (Lipinski definition) is 2. The van der Waals surface area contributed by atoms with Crippen molar-refractivity contribution in [3.8, 4) is 9.75 Å². The Hall–Kier alpha value is -1.72. The van der Waals surface area contributed by atoms with Crippen LogP contribution in [0.1, 0.15) is 16.5 Å². The van der Waals surface area contributed by atoms with Crippen molar-refractivity contribution in [2.75, 3.05) is 6.54 Å². The van der Waals surface area contributed by atoms with Crippen LogP contribution in [0.2, 0.25) is 0 Å². The molecule has 0 bridgehead atoms. The molecule has 144 valence electrons. The normalized spacial score (nSPS) is 13.6. The quantitative estimate of drug-likeness (QED) is 0.601. The van der Waals surface area contributed by atoms with Crippen molar-refractivity contribution in [1.29, 1.82) is 0 Å². The van der Waals surface area contributed by atoms with Gasteiger partial charge >= 0.3 is 6.18 Å². The van der Waals surface area contributed by atoms with Crippen LogP contribution in [-0.4, -0.2) is 20.1 Å². The molecule has 0 amide bonds. The predicted octanol–water partition coefficient (Wildman–Crippen LogP) is 4.51. The van der Waals surface area contributed by atoms with Gasteiger partial charge in [0.25, 0.3) is 0 Å². The first-order valence-corrected chi connectivity index (χ1v) is 10.8. The molecule has 0 aliphatic rings. The lowest BCUT2D eigenvalue weighted by Crippen LogP contribution is -2.28. The van der Waals surface area contributed by atoms with E-state index < -0.39 is 32.8 Å². The van der Waals surface area contributed by atoms with Gasteiger partial charge in [0.2, 0.25) is 10.0 Å². The molecule has 0 aliphatic carbocycles. The number of halogens is 3. The molecule has 0 fully saturated rings. The number of thiophene rings is 2. The fourth-order valence-corrected chi connectivity index (χ4v) is 5.21. The summed E-state index contributed by atoms with van der Waals surface area (Å²) in [5, 5.41) is 12.2. The molecule has 2 heterocycles. The molecule has 3 aromatic rings. The van der Waals surface area contributed by atoms with E-state index in [4.69, 9.17) is 0 Å². The Labute approximate surface area is 162 Å². The van der Waals surface area contributed by atoms with Crippen LogP contribution < -0.4 is 4.72 Å². The van der Waals surface area contributed by atoms with Gasteiger partial charge in [-0.1, -0.05) is 12.1 Å². The lowest BCUT2D eigenvalue weighted by molar-refractivity contribution is -0.137. The molecule has 10 heteroatoms. The van der Waals surface area contributed by atoms with Crippen LogP contribution in [0.3, 0.4) is 0 Å². The van der Waals surface area contributed by atoms with E-state index in [1.165, 1.54) is 11.3 Å². The van der Waals surface area contributed by atoms with Crippen LogP contribution in [0.4, 0.5) is 13.2 Å². The van der Waals surface area contributed by atoms with Crippen molar-refractivity contribution in [3.63, 3.8) is 0 Å². The maximum Gasteiger partial charge on any atom is 0.416 e. The van der Waals surface area contributed by atoms with Gasteiger partial charge in [-0.3, -0.25) is 0 Å². The second kappa shape index (κ2) is 7.72. The highest BCUT2D eigenvalue weighted by molar-refractivity contribution is 7.89. The van der Waals surface area contributed by atoms with Gasteiger partial charge in [-0.25, -0.2) is 13.1 Å². The summed E-state index contributed by atoms with van der Waals surface area (Å²) in [7, 11) is -4.19. The van der Waals surface area contributed by atoms with E-state index in [0.717, 1.165) is 28.0 Å². The average molecular weight is 433 g/mol. The molecular weight excluding hydrogens is 419 g/mol. The number of aliphatic hydroxyl groups excluding tert-OH is 1. The van der Waals surface area contributed by atoms with E-state index in [1.54, 1.807) is 17.4 Å². The Morgan fingerprint density at radius 3 is 2.52 bits per heavy atom. The Morgan fingerprint density at radius 2 is 1.85 bits per heavy atom. The van der Waals surface area contributed by atoms with E-state index in [1.807, 2.05) is 23.6 Å². The van der Waals surface area contributed by atoms with E-state index in [0.29, 0.717) is 10.9 Å². The van der Waals surface area contributed by atoms with Crippen molar-refractivity contribution in [2.24, 2.45) is 0 Å². The Bertz CT molecular complexity index is 1010. The third-order valence-electron chi connectivity index (χ3n) is 3.66. The Balaban J connectivity index is 1.70. The van der Waals surface area contributed by atoms with Crippen LogP contribution >= 0.6 is 22.7 Å². The van der Waals surface area contributed by atoms with E-state index in [-0.39, 0.29) is 6.54 Å². The molecule has 4 nitrogen and oxygen atoms in total. The summed E-state index contributed by atoms with van der Waals surface area (Å²) in [4.78, 5) is 2.03. The molecule has 2 N–H and O–H groups in total. The standard InChI is InChI=1S/C17H14F3NO3S3/c18-17(19,20)11-3-1-4-12(9-11)27(23,24)21-10-13(22)14-6-7-16(26-14)15-5-2-8-25-15/h1-9,13,21-22H,10H2/t13-/m0/s1. The van der Waals surface area contributed by atoms with Gasteiger partial charge in [-0.2, -0.15) is 13.2 Å². The molecule has 27 heavy (non-hydrogen) atoms. The van der Waals surface area contributed by atoms with Crippen LogP contribution in [0.15, 0.2) is 58.8 Å². The van der Waals surface area contributed by atoms with Crippen molar-refractivity contribution in [2.45, 2.75) is 17.2 Å². The number of rotatable bonds is 6. The maximum atomic E-state index is 12.8. The molecule has 0 spiro atoms. The third-order valence-corrected chi connectivity index (χ3v) is 7.33. The van der Waals surface area contributed by atoms with Gasteiger partial charge in [-0.15, -0.1) is 22.7 Å². The zero-order valence-electron chi connectivity index (χ0n) is 13.6. The van der Waals surface area contributed by atoms with Gasteiger partial charge in [0.1, 0.15) is 6.10 Å². The Morgan fingerprint density at radius 1 is 1.07 bits per heavy atom. The monoisotopic (exact) mass is 433 g/mol. The SMILES string of the molecule is O=S(=O)(NC[C@H](O)c1ccc(-c2cccs2)s1)c1cccc(C(F)(F)F)c1. The van der Waals surface area contributed by atoms with Gasteiger partial charge < -0.3 is 5.11 Å². The summed E-state index contributed by atoms with van der Waals surface area (Å²) in [6, 6.07) is 10.8. The zero-order valence-corrected chi connectivity index (χ0v) is 16.1. The first kappa shape index (κ1) is 20.0. The summed E-state index contributed by atoms with van der Waals surface area (Å²) in [6.45, 7) is -0.344. The summed E-state index contributed by atoms with van der Waals surface area (Å²) in [6.07, 6.45) is -5.75. The summed E-state index contributed by atoms with van der Waals surface area (Å²) in [5.74, 6) is 0. The minimum Gasteiger partial charge on any atom is -0.386 e. The van der Waals surface area contributed by atoms with Gasteiger partial charge in [0.05, 0.1) is 10.5 Å².